The Hall–Kier alpha value is -3.23. The molecule has 0 fully saturated rings. The van der Waals surface area contributed by atoms with Crippen LogP contribution >= 0.6 is 0 Å². The number of amides is 1. The molecule has 0 unspecified atom stereocenters. The lowest BCUT2D eigenvalue weighted by atomic mass is 9.93. The quantitative estimate of drug-likeness (QED) is 0.579. The van der Waals surface area contributed by atoms with Gasteiger partial charge in [-0.05, 0) is 36.5 Å². The molecular formula is C23H28N2O6. The minimum atomic E-state index is -1.07. The number of aliphatic carboxylic acids is 2. The van der Waals surface area contributed by atoms with E-state index in [4.69, 9.17) is 0 Å². The first kappa shape index (κ1) is 24.0. The van der Waals surface area contributed by atoms with E-state index in [9.17, 15) is 24.6 Å². The average molecular weight is 428 g/mol. The normalized spacial score (nSPS) is 17.1. The number of nitrogens with zero attached hydrogens (tertiary/aromatic N) is 1. The Morgan fingerprint density at radius 3 is 2.26 bits per heavy atom. The number of carboxylic acids is 2. The summed E-state index contributed by atoms with van der Waals surface area (Å²) >= 11 is 0. The van der Waals surface area contributed by atoms with Crippen molar-refractivity contribution in [2.45, 2.75) is 50.9 Å². The second kappa shape index (κ2) is 10.7. The van der Waals surface area contributed by atoms with Crippen LogP contribution in [-0.4, -0.2) is 56.6 Å². The molecule has 0 aliphatic carbocycles. The van der Waals surface area contributed by atoms with Gasteiger partial charge in [-0.25, -0.2) is 4.79 Å². The van der Waals surface area contributed by atoms with Gasteiger partial charge in [0.15, 0.2) is 0 Å². The maximum Gasteiger partial charge on any atom is 0.326 e. The van der Waals surface area contributed by atoms with Gasteiger partial charge in [0.2, 0.25) is 5.91 Å². The number of carbonyl (C=O) groups excluding carboxylic acids is 1. The summed E-state index contributed by atoms with van der Waals surface area (Å²) in [6.07, 6.45) is 1.11. The Kier molecular flexibility index (Phi) is 8.30. The Morgan fingerprint density at radius 1 is 1.03 bits per heavy atom. The summed E-state index contributed by atoms with van der Waals surface area (Å²) in [5.41, 5.74) is 2.85. The van der Waals surface area contributed by atoms with Gasteiger partial charge in [0.05, 0.1) is 6.04 Å². The largest absolute Gasteiger partial charge is 0.480 e. The first-order valence-corrected chi connectivity index (χ1v) is 9.99. The van der Waals surface area contributed by atoms with E-state index in [1.54, 1.807) is 6.92 Å². The maximum absolute atomic E-state index is 13.1. The lowest BCUT2D eigenvalue weighted by molar-refractivity contribution is -0.152. The predicted octanol–water partition coefficient (Wildman–Crippen LogP) is 1.26. The number of benzene rings is 2. The third kappa shape index (κ3) is 5.90. The van der Waals surface area contributed by atoms with E-state index >= 15 is 0 Å². The van der Waals surface area contributed by atoms with Gasteiger partial charge in [-0.2, -0.15) is 0 Å². The van der Waals surface area contributed by atoms with Gasteiger partial charge in [0.1, 0.15) is 12.1 Å². The van der Waals surface area contributed by atoms with Crippen molar-refractivity contribution in [3.05, 3.63) is 71.3 Å². The number of hydrogen-bond acceptors (Lipinski definition) is 4. The third-order valence-corrected chi connectivity index (χ3v) is 5.50. The fourth-order valence-corrected chi connectivity index (χ4v) is 3.83. The zero-order valence-corrected chi connectivity index (χ0v) is 17.3. The van der Waals surface area contributed by atoms with E-state index in [0.717, 1.165) is 16.7 Å². The van der Waals surface area contributed by atoms with E-state index in [0.29, 0.717) is 12.8 Å². The lowest BCUT2D eigenvalue weighted by Gasteiger charge is -2.36. The maximum atomic E-state index is 13.1. The van der Waals surface area contributed by atoms with Crippen LogP contribution in [0.1, 0.15) is 30.0 Å². The Labute approximate surface area is 180 Å². The van der Waals surface area contributed by atoms with Gasteiger partial charge < -0.3 is 20.6 Å². The summed E-state index contributed by atoms with van der Waals surface area (Å²) in [6, 6.07) is 14.3. The molecule has 1 amide bonds. The number of carboxylic acid groups (broad SMARTS) is 2. The van der Waals surface area contributed by atoms with E-state index < -0.39 is 36.0 Å². The van der Waals surface area contributed by atoms with Crippen LogP contribution in [0.2, 0.25) is 0 Å². The summed E-state index contributed by atoms with van der Waals surface area (Å²) in [5.74, 6) is -2.52. The molecule has 0 spiro atoms. The fraction of sp³-hybridized carbons (Fsp3) is 0.348. The predicted molar refractivity (Wildman–Crippen MR) is 115 cm³/mol. The van der Waals surface area contributed by atoms with Gasteiger partial charge in [-0.15, -0.1) is 0 Å². The van der Waals surface area contributed by atoms with Crippen LogP contribution in [0, 0.1) is 0 Å². The molecule has 2 aromatic carbocycles. The highest BCUT2D eigenvalue weighted by atomic mass is 16.4. The molecule has 8 heteroatoms. The molecule has 5 N–H and O–H groups in total. The molecule has 0 bridgehead atoms. The molecule has 8 nitrogen and oxygen atoms in total. The van der Waals surface area contributed by atoms with Crippen molar-refractivity contribution in [1.29, 1.82) is 0 Å². The second-order valence-electron chi connectivity index (χ2n) is 7.60. The van der Waals surface area contributed by atoms with E-state index in [2.05, 4.69) is 5.32 Å². The Balaban J connectivity index is 0.00000341. The van der Waals surface area contributed by atoms with Crippen LogP contribution in [0.15, 0.2) is 54.6 Å². The van der Waals surface area contributed by atoms with Crippen molar-refractivity contribution in [3.63, 3.8) is 0 Å². The molecule has 0 aromatic heterocycles. The monoisotopic (exact) mass is 428 g/mol. The highest BCUT2D eigenvalue weighted by Gasteiger charge is 2.37. The number of aryl methyl sites for hydroxylation is 1. The van der Waals surface area contributed by atoms with Crippen LogP contribution in [0.25, 0.3) is 0 Å². The van der Waals surface area contributed by atoms with E-state index in [1.165, 1.54) is 4.90 Å². The molecule has 1 heterocycles. The van der Waals surface area contributed by atoms with Crippen molar-refractivity contribution in [2.75, 3.05) is 0 Å². The molecule has 31 heavy (non-hydrogen) atoms. The van der Waals surface area contributed by atoms with Crippen LogP contribution in [0.4, 0.5) is 0 Å². The van der Waals surface area contributed by atoms with Gasteiger partial charge in [-0.3, -0.25) is 14.9 Å². The van der Waals surface area contributed by atoms with E-state index in [-0.39, 0.29) is 18.4 Å². The standard InChI is InChI=1S/C23H26N2O5.H2O/c1-15(24-19(22(27)28)12-11-16-7-3-2-4-8-16)21(26)25-14-18-10-6-5-9-17(18)13-20(25)23(29)30;/h2-10,15,19-20,24H,11-14H2,1H3,(H,27,28)(H,29,30);1H2/t15-,19-,20-;/m0./s1. The number of fused-ring (bicyclic) bond motifs is 1. The topological polar surface area (TPSA) is 138 Å². The lowest BCUT2D eigenvalue weighted by Crippen LogP contribution is -2.56. The number of nitrogens with one attached hydrogen (secondary N) is 1. The molecule has 2 aromatic rings. The smallest absolute Gasteiger partial charge is 0.326 e. The summed E-state index contributed by atoms with van der Waals surface area (Å²) in [4.78, 5) is 37.9. The highest BCUT2D eigenvalue weighted by molar-refractivity contribution is 5.88. The summed E-state index contributed by atoms with van der Waals surface area (Å²) in [6.45, 7) is 1.78. The number of rotatable bonds is 8. The van der Waals surface area contributed by atoms with Crippen LogP contribution in [0.3, 0.4) is 0 Å². The highest BCUT2D eigenvalue weighted by Crippen LogP contribution is 2.24. The zero-order valence-electron chi connectivity index (χ0n) is 17.3. The second-order valence-corrected chi connectivity index (χ2v) is 7.60. The molecule has 0 saturated heterocycles. The molecule has 1 aliphatic rings. The first-order chi connectivity index (χ1) is 14.4. The summed E-state index contributed by atoms with van der Waals surface area (Å²) in [5, 5.41) is 22.1. The van der Waals surface area contributed by atoms with Crippen LogP contribution < -0.4 is 5.32 Å². The van der Waals surface area contributed by atoms with E-state index in [1.807, 2.05) is 54.6 Å². The number of hydrogen-bond donors (Lipinski definition) is 3. The minimum Gasteiger partial charge on any atom is -0.480 e. The van der Waals surface area contributed by atoms with Gasteiger partial charge in [0, 0.05) is 13.0 Å². The molecule has 3 rings (SSSR count). The van der Waals surface area contributed by atoms with Crippen LogP contribution in [-0.2, 0) is 33.8 Å². The van der Waals surface area contributed by atoms with Crippen molar-refractivity contribution in [3.8, 4) is 0 Å². The van der Waals surface area contributed by atoms with Crippen molar-refractivity contribution in [1.82, 2.24) is 10.2 Å². The summed E-state index contributed by atoms with van der Waals surface area (Å²) < 4.78 is 0. The average Bonchev–Trinajstić information content (AvgIpc) is 2.75. The molecule has 0 saturated carbocycles. The molecule has 3 atom stereocenters. The minimum absolute atomic E-state index is 0. The van der Waals surface area contributed by atoms with Crippen molar-refractivity contribution >= 4 is 17.8 Å². The van der Waals surface area contributed by atoms with Gasteiger partial charge in [0.25, 0.3) is 0 Å². The first-order valence-electron chi connectivity index (χ1n) is 9.99. The molecule has 166 valence electrons. The van der Waals surface area contributed by atoms with Crippen LogP contribution in [0.5, 0.6) is 0 Å². The van der Waals surface area contributed by atoms with Gasteiger partial charge in [-0.1, -0.05) is 54.6 Å². The molecular weight excluding hydrogens is 400 g/mol. The Bertz CT molecular complexity index is 917. The zero-order chi connectivity index (χ0) is 21.7. The molecule has 0 radical (unpaired) electrons. The Morgan fingerprint density at radius 2 is 1.65 bits per heavy atom. The molecule has 1 aliphatic heterocycles. The van der Waals surface area contributed by atoms with Crippen molar-refractivity contribution < 1.29 is 30.1 Å². The number of carbonyl (C=O) groups is 3. The summed E-state index contributed by atoms with van der Waals surface area (Å²) in [7, 11) is 0. The van der Waals surface area contributed by atoms with Crippen molar-refractivity contribution in [2.24, 2.45) is 0 Å². The fourth-order valence-electron chi connectivity index (χ4n) is 3.83. The third-order valence-electron chi connectivity index (χ3n) is 5.50. The SMILES string of the molecule is C[C@H](N[C@@H](CCc1ccccc1)C(=O)O)C(=O)N1Cc2ccccc2C[C@H]1C(=O)O.O. The van der Waals surface area contributed by atoms with Gasteiger partial charge >= 0.3 is 11.9 Å².